The summed E-state index contributed by atoms with van der Waals surface area (Å²) < 4.78 is 0. The Morgan fingerprint density at radius 2 is 2.19 bits per heavy atom. The van der Waals surface area contributed by atoms with Gasteiger partial charge in [-0.2, -0.15) is 0 Å². The number of nitrogens with zero attached hydrogens (tertiary/aromatic N) is 1. The molecule has 2 aromatic heterocycles. The molecule has 1 aromatic carbocycles. The third kappa shape index (κ3) is 3.20. The van der Waals surface area contributed by atoms with E-state index in [9.17, 15) is 4.79 Å². The van der Waals surface area contributed by atoms with E-state index in [0.717, 1.165) is 21.7 Å². The highest BCUT2D eigenvalue weighted by atomic mass is 32.1. The predicted octanol–water partition coefficient (Wildman–Crippen LogP) is 3.52. The molecule has 0 radical (unpaired) electrons. The van der Waals surface area contributed by atoms with Gasteiger partial charge in [-0.1, -0.05) is 18.2 Å². The number of nitrogens with one attached hydrogen (secondary N) is 2. The quantitative estimate of drug-likeness (QED) is 0.724. The van der Waals surface area contributed by atoms with Crippen molar-refractivity contribution in [1.82, 2.24) is 15.3 Å². The van der Waals surface area contributed by atoms with Crippen LogP contribution in [0.4, 0.5) is 0 Å². The van der Waals surface area contributed by atoms with Crippen molar-refractivity contribution in [2.24, 2.45) is 0 Å². The van der Waals surface area contributed by atoms with Gasteiger partial charge in [-0.25, -0.2) is 4.98 Å². The van der Waals surface area contributed by atoms with Gasteiger partial charge in [0.05, 0.1) is 17.1 Å². The van der Waals surface area contributed by atoms with E-state index < -0.39 is 0 Å². The van der Waals surface area contributed by atoms with E-state index in [1.165, 1.54) is 0 Å². The molecule has 0 fully saturated rings. The van der Waals surface area contributed by atoms with Crippen LogP contribution in [0.15, 0.2) is 47.9 Å². The van der Waals surface area contributed by atoms with Gasteiger partial charge in [-0.3, -0.25) is 4.79 Å². The van der Waals surface area contributed by atoms with Crippen molar-refractivity contribution < 1.29 is 4.79 Å². The molecule has 2 heterocycles. The van der Waals surface area contributed by atoms with Crippen molar-refractivity contribution in [3.8, 4) is 0 Å². The molecule has 106 valence electrons. The maximum atomic E-state index is 11.9. The van der Waals surface area contributed by atoms with Crippen LogP contribution < -0.4 is 5.32 Å². The Kier molecular flexibility index (Phi) is 3.83. The number of thiophene rings is 1. The first-order chi connectivity index (χ1) is 10.2. The maximum Gasteiger partial charge on any atom is 0.244 e. The third-order valence-corrected chi connectivity index (χ3v) is 3.96. The van der Waals surface area contributed by atoms with Crippen molar-refractivity contribution in [1.29, 1.82) is 0 Å². The summed E-state index contributed by atoms with van der Waals surface area (Å²) in [5.74, 6) is 0.630. The molecule has 0 saturated carbocycles. The van der Waals surface area contributed by atoms with E-state index in [-0.39, 0.29) is 11.9 Å². The standard InChI is InChI=1S/C16H15N3OS/c1-11(16-18-13-6-2-3-7-14(13)19-16)17-15(20)9-8-12-5-4-10-21-12/h2-11H,1H3,(H,17,20)(H,18,19). The second-order valence-corrected chi connectivity index (χ2v) is 5.70. The molecule has 5 heteroatoms. The molecule has 1 amide bonds. The molecule has 3 aromatic rings. The van der Waals surface area contributed by atoms with Crippen molar-refractivity contribution in [3.63, 3.8) is 0 Å². The summed E-state index contributed by atoms with van der Waals surface area (Å²) in [4.78, 5) is 20.7. The van der Waals surface area contributed by atoms with Crippen LogP contribution in [0, 0.1) is 0 Å². The zero-order chi connectivity index (χ0) is 14.7. The lowest BCUT2D eigenvalue weighted by molar-refractivity contribution is -0.117. The predicted molar refractivity (Wildman–Crippen MR) is 86.0 cm³/mol. The fraction of sp³-hybridized carbons (Fsp3) is 0.125. The number of carbonyl (C=O) groups excluding carboxylic acids is 1. The molecular formula is C16H15N3OS. The largest absolute Gasteiger partial charge is 0.343 e. The highest BCUT2D eigenvalue weighted by Gasteiger charge is 2.11. The molecular weight excluding hydrogens is 282 g/mol. The van der Waals surface area contributed by atoms with Gasteiger partial charge in [-0.05, 0) is 36.6 Å². The molecule has 0 saturated heterocycles. The number of para-hydroxylation sites is 2. The van der Waals surface area contributed by atoms with Gasteiger partial charge < -0.3 is 10.3 Å². The molecule has 1 atom stereocenters. The molecule has 0 aliphatic heterocycles. The molecule has 21 heavy (non-hydrogen) atoms. The number of benzene rings is 1. The Morgan fingerprint density at radius 3 is 2.95 bits per heavy atom. The number of hydrogen-bond donors (Lipinski definition) is 2. The Bertz CT molecular complexity index is 741. The molecule has 4 nitrogen and oxygen atoms in total. The number of hydrogen-bond acceptors (Lipinski definition) is 3. The number of aromatic nitrogens is 2. The van der Waals surface area contributed by atoms with Gasteiger partial charge in [0.2, 0.25) is 5.91 Å². The summed E-state index contributed by atoms with van der Waals surface area (Å²) in [6.07, 6.45) is 3.36. The lowest BCUT2D eigenvalue weighted by Gasteiger charge is -2.08. The monoisotopic (exact) mass is 297 g/mol. The molecule has 0 spiro atoms. The van der Waals surface area contributed by atoms with Crippen molar-refractivity contribution in [2.75, 3.05) is 0 Å². The zero-order valence-corrected chi connectivity index (χ0v) is 12.4. The molecule has 0 bridgehead atoms. The topological polar surface area (TPSA) is 57.8 Å². The highest BCUT2D eigenvalue weighted by molar-refractivity contribution is 7.10. The van der Waals surface area contributed by atoms with Crippen LogP contribution in [0.5, 0.6) is 0 Å². The summed E-state index contributed by atoms with van der Waals surface area (Å²) >= 11 is 1.60. The Balaban J connectivity index is 1.67. The Labute approximate surface area is 126 Å². The van der Waals surface area contributed by atoms with Crippen LogP contribution in [0.1, 0.15) is 23.7 Å². The Hall–Kier alpha value is -2.40. The number of aromatic amines is 1. The van der Waals surface area contributed by atoms with Gasteiger partial charge >= 0.3 is 0 Å². The molecule has 2 N–H and O–H groups in total. The number of imidazole rings is 1. The lowest BCUT2D eigenvalue weighted by atomic mass is 10.3. The van der Waals surface area contributed by atoms with Crippen molar-refractivity contribution >= 4 is 34.4 Å². The SMILES string of the molecule is CC(NC(=O)C=Cc1cccs1)c1nc2ccccc2[nH]1. The van der Waals surface area contributed by atoms with Gasteiger partial charge in [-0.15, -0.1) is 11.3 Å². The number of fused-ring (bicyclic) bond motifs is 1. The molecule has 3 rings (SSSR count). The van der Waals surface area contributed by atoms with Gasteiger partial charge in [0.1, 0.15) is 5.82 Å². The number of amides is 1. The van der Waals surface area contributed by atoms with E-state index in [1.807, 2.05) is 54.8 Å². The molecule has 0 aliphatic rings. The summed E-state index contributed by atoms with van der Waals surface area (Å²) in [6, 6.07) is 11.6. The van der Waals surface area contributed by atoms with Crippen LogP contribution in [0.3, 0.4) is 0 Å². The summed E-state index contributed by atoms with van der Waals surface area (Å²) in [6.45, 7) is 1.91. The average Bonchev–Trinajstić information content (AvgIpc) is 3.14. The van der Waals surface area contributed by atoms with E-state index >= 15 is 0 Å². The number of H-pyrrole nitrogens is 1. The van der Waals surface area contributed by atoms with E-state index in [4.69, 9.17) is 0 Å². The highest BCUT2D eigenvalue weighted by Crippen LogP contribution is 2.15. The maximum absolute atomic E-state index is 11.9. The van der Waals surface area contributed by atoms with Crippen LogP contribution >= 0.6 is 11.3 Å². The number of carbonyl (C=O) groups is 1. The first-order valence-corrected chi connectivity index (χ1v) is 7.57. The van der Waals surface area contributed by atoms with Crippen molar-refractivity contribution in [2.45, 2.75) is 13.0 Å². The van der Waals surface area contributed by atoms with E-state index in [0.29, 0.717) is 0 Å². The first kappa shape index (κ1) is 13.6. The smallest absolute Gasteiger partial charge is 0.244 e. The average molecular weight is 297 g/mol. The van der Waals surface area contributed by atoms with Gasteiger partial charge in [0, 0.05) is 11.0 Å². The summed E-state index contributed by atoms with van der Waals surface area (Å²) in [5.41, 5.74) is 1.88. The fourth-order valence-electron chi connectivity index (χ4n) is 2.05. The summed E-state index contributed by atoms with van der Waals surface area (Å²) in [7, 11) is 0. The van der Waals surface area contributed by atoms with Crippen molar-refractivity contribution in [3.05, 3.63) is 58.6 Å². The van der Waals surface area contributed by atoms with Crippen LogP contribution in [0.25, 0.3) is 17.1 Å². The lowest BCUT2D eigenvalue weighted by Crippen LogP contribution is -2.25. The fourth-order valence-corrected chi connectivity index (χ4v) is 2.67. The normalized spacial score (nSPS) is 12.8. The van der Waals surface area contributed by atoms with Crippen LogP contribution in [-0.4, -0.2) is 15.9 Å². The Morgan fingerprint density at radius 1 is 1.33 bits per heavy atom. The number of rotatable bonds is 4. The van der Waals surface area contributed by atoms with Gasteiger partial charge in [0.25, 0.3) is 0 Å². The molecule has 1 unspecified atom stereocenters. The molecule has 0 aliphatic carbocycles. The zero-order valence-electron chi connectivity index (χ0n) is 11.5. The summed E-state index contributed by atoms with van der Waals surface area (Å²) in [5, 5.41) is 4.89. The minimum atomic E-state index is -0.169. The van der Waals surface area contributed by atoms with E-state index in [2.05, 4.69) is 15.3 Å². The third-order valence-electron chi connectivity index (χ3n) is 3.12. The minimum Gasteiger partial charge on any atom is -0.343 e. The van der Waals surface area contributed by atoms with Crippen LogP contribution in [0.2, 0.25) is 0 Å². The van der Waals surface area contributed by atoms with E-state index in [1.54, 1.807) is 17.4 Å². The minimum absolute atomic E-state index is 0.128. The first-order valence-electron chi connectivity index (χ1n) is 6.69. The van der Waals surface area contributed by atoms with Gasteiger partial charge in [0.15, 0.2) is 0 Å². The van der Waals surface area contributed by atoms with Crippen LogP contribution in [-0.2, 0) is 4.79 Å². The second kappa shape index (κ2) is 5.93. The second-order valence-electron chi connectivity index (χ2n) is 4.72.